The quantitative estimate of drug-likeness (QED) is 0.547. The molecule has 0 atom stereocenters. The minimum atomic E-state index is -4.30. The summed E-state index contributed by atoms with van der Waals surface area (Å²) in [5.41, 5.74) is 1.66. The average Bonchev–Trinajstić information content (AvgIpc) is 3.00. The lowest BCUT2D eigenvalue weighted by molar-refractivity contribution is -0.123. The van der Waals surface area contributed by atoms with E-state index >= 15 is 0 Å². The minimum absolute atomic E-state index is 0.0725. The van der Waals surface area contributed by atoms with Crippen LogP contribution in [0.15, 0.2) is 35.2 Å². The summed E-state index contributed by atoms with van der Waals surface area (Å²) in [5.74, 6) is -2.10. The van der Waals surface area contributed by atoms with Crippen molar-refractivity contribution in [2.75, 3.05) is 28.4 Å². The number of carbonyl (C=O) groups is 1. The Morgan fingerprint density at radius 2 is 1.81 bits per heavy atom. The van der Waals surface area contributed by atoms with Crippen molar-refractivity contribution in [2.24, 2.45) is 0 Å². The molecule has 1 saturated heterocycles. The number of fused-ring (bicyclic) bond motifs is 2. The maximum Gasteiger partial charge on any atom is 0.264 e. The average molecular weight is 463 g/mol. The Balaban J connectivity index is 1.54. The van der Waals surface area contributed by atoms with Crippen LogP contribution in [0.5, 0.6) is 0 Å². The summed E-state index contributed by atoms with van der Waals surface area (Å²) in [5, 5.41) is 9.75. The van der Waals surface area contributed by atoms with Crippen molar-refractivity contribution in [1.29, 1.82) is 0 Å². The molecule has 0 bridgehead atoms. The topological polar surface area (TPSA) is 99.3 Å². The number of hydrogen-bond donors (Lipinski definition) is 4. The third-order valence-corrected chi connectivity index (χ3v) is 8.08. The van der Waals surface area contributed by atoms with E-state index in [1.54, 1.807) is 12.1 Å². The van der Waals surface area contributed by atoms with E-state index in [0.29, 0.717) is 30.3 Å². The van der Waals surface area contributed by atoms with Crippen LogP contribution in [0.3, 0.4) is 0 Å². The van der Waals surface area contributed by atoms with Gasteiger partial charge in [0.15, 0.2) is 0 Å². The van der Waals surface area contributed by atoms with E-state index < -0.39 is 32.0 Å². The Hall–Kier alpha value is -2.72. The van der Waals surface area contributed by atoms with Crippen LogP contribution >= 0.6 is 0 Å². The zero-order valence-electron chi connectivity index (χ0n) is 17.3. The number of amides is 1. The van der Waals surface area contributed by atoms with E-state index in [9.17, 15) is 22.0 Å². The lowest BCUT2D eigenvalue weighted by atomic mass is 9.65. The Kier molecular flexibility index (Phi) is 5.09. The predicted molar refractivity (Wildman–Crippen MR) is 117 cm³/mol. The molecule has 1 aliphatic carbocycles. The highest BCUT2D eigenvalue weighted by molar-refractivity contribution is 7.92. The van der Waals surface area contributed by atoms with Gasteiger partial charge in [0.25, 0.3) is 10.0 Å². The van der Waals surface area contributed by atoms with Crippen LogP contribution in [0.25, 0.3) is 0 Å². The maximum atomic E-state index is 14.2. The molecule has 32 heavy (non-hydrogen) atoms. The van der Waals surface area contributed by atoms with Crippen molar-refractivity contribution >= 4 is 33.0 Å². The van der Waals surface area contributed by atoms with E-state index in [0.717, 1.165) is 50.0 Å². The van der Waals surface area contributed by atoms with Crippen LogP contribution < -0.4 is 20.7 Å². The van der Waals surface area contributed by atoms with Crippen molar-refractivity contribution in [3.05, 3.63) is 47.5 Å². The van der Waals surface area contributed by atoms with Gasteiger partial charge >= 0.3 is 0 Å². The molecule has 2 aromatic carbocycles. The van der Waals surface area contributed by atoms with Crippen LogP contribution in [0.1, 0.15) is 37.7 Å². The SMILES string of the molecule is O=C1Nc2c(NC3CCNCC3)cc(NS(=O)(=O)c3ccc(F)cc3F)cc2C12CCC2. The first-order valence-corrected chi connectivity index (χ1v) is 12.2. The van der Waals surface area contributed by atoms with Crippen LogP contribution in [0.4, 0.5) is 25.8 Å². The number of anilines is 3. The number of nitrogens with one attached hydrogen (secondary N) is 4. The molecule has 1 saturated carbocycles. The van der Waals surface area contributed by atoms with Crippen molar-refractivity contribution < 1.29 is 22.0 Å². The molecule has 10 heteroatoms. The Labute approximate surface area is 185 Å². The van der Waals surface area contributed by atoms with E-state index in [1.807, 2.05) is 0 Å². The standard InChI is InChI=1S/C22H24F2N4O3S/c23-13-2-3-19(17(24)10-13)32(30,31)28-15-11-16-20(27-21(29)22(16)6-1-7-22)18(12-15)26-14-4-8-25-9-5-14/h2-3,10-12,14,25-26,28H,1,4-9H2,(H,27,29). The minimum Gasteiger partial charge on any atom is -0.380 e. The lowest BCUT2D eigenvalue weighted by Gasteiger charge is -2.36. The lowest BCUT2D eigenvalue weighted by Crippen LogP contribution is -2.40. The third-order valence-electron chi connectivity index (χ3n) is 6.67. The third kappa shape index (κ3) is 3.51. The van der Waals surface area contributed by atoms with Gasteiger partial charge in [-0.3, -0.25) is 9.52 Å². The van der Waals surface area contributed by atoms with Gasteiger partial charge < -0.3 is 16.0 Å². The van der Waals surface area contributed by atoms with Crippen LogP contribution in [-0.4, -0.2) is 33.5 Å². The first kappa shape index (κ1) is 21.1. The van der Waals surface area contributed by atoms with E-state index in [1.165, 1.54) is 0 Å². The van der Waals surface area contributed by atoms with Crippen molar-refractivity contribution in [3.8, 4) is 0 Å². The number of rotatable bonds is 5. The van der Waals surface area contributed by atoms with Gasteiger partial charge in [0, 0.05) is 12.1 Å². The second-order valence-electron chi connectivity index (χ2n) is 8.69. The fraction of sp³-hybridized carbons (Fsp3) is 0.409. The molecular formula is C22H24F2N4O3S. The molecule has 2 fully saturated rings. The Morgan fingerprint density at radius 1 is 1.06 bits per heavy atom. The summed E-state index contributed by atoms with van der Waals surface area (Å²) >= 11 is 0. The highest BCUT2D eigenvalue weighted by atomic mass is 32.2. The van der Waals surface area contributed by atoms with Gasteiger partial charge in [-0.25, -0.2) is 17.2 Å². The zero-order valence-corrected chi connectivity index (χ0v) is 18.1. The number of hydrogen-bond acceptors (Lipinski definition) is 5. The van der Waals surface area contributed by atoms with E-state index in [4.69, 9.17) is 0 Å². The molecule has 0 unspecified atom stereocenters. The van der Waals surface area contributed by atoms with Gasteiger partial charge in [0.2, 0.25) is 5.91 Å². The van der Waals surface area contributed by atoms with E-state index in [2.05, 4.69) is 20.7 Å². The van der Waals surface area contributed by atoms with Gasteiger partial charge in [0.05, 0.1) is 22.5 Å². The van der Waals surface area contributed by atoms with Crippen molar-refractivity contribution in [1.82, 2.24) is 5.32 Å². The molecule has 3 aliphatic rings. The number of piperidine rings is 1. The molecule has 4 N–H and O–H groups in total. The molecule has 1 spiro atoms. The Morgan fingerprint density at radius 3 is 2.47 bits per heavy atom. The predicted octanol–water partition coefficient (Wildman–Crippen LogP) is 3.30. The van der Waals surface area contributed by atoms with Crippen LogP contribution in [0, 0.1) is 11.6 Å². The highest BCUT2D eigenvalue weighted by Crippen LogP contribution is 2.54. The first-order chi connectivity index (χ1) is 15.3. The van der Waals surface area contributed by atoms with Crippen LogP contribution in [0.2, 0.25) is 0 Å². The van der Waals surface area contributed by atoms with Gasteiger partial charge in [-0.05, 0) is 68.6 Å². The van der Waals surface area contributed by atoms with E-state index in [-0.39, 0.29) is 17.6 Å². The summed E-state index contributed by atoms with van der Waals surface area (Å²) in [6.45, 7) is 1.73. The molecule has 0 radical (unpaired) electrons. The van der Waals surface area contributed by atoms with Crippen molar-refractivity contribution in [3.63, 3.8) is 0 Å². The molecule has 2 aromatic rings. The molecule has 2 aliphatic heterocycles. The number of benzene rings is 2. The number of carbonyl (C=O) groups excluding carboxylic acids is 1. The van der Waals surface area contributed by atoms with Gasteiger partial charge in [-0.1, -0.05) is 6.42 Å². The Bertz CT molecular complexity index is 1190. The fourth-order valence-electron chi connectivity index (χ4n) is 4.80. The van der Waals surface area contributed by atoms with Gasteiger partial charge in [-0.15, -0.1) is 0 Å². The second-order valence-corrected chi connectivity index (χ2v) is 10.3. The number of halogens is 2. The zero-order chi connectivity index (χ0) is 22.5. The molecule has 170 valence electrons. The summed E-state index contributed by atoms with van der Waals surface area (Å²) in [6, 6.07) is 5.78. The fourth-order valence-corrected chi connectivity index (χ4v) is 5.90. The smallest absolute Gasteiger partial charge is 0.264 e. The molecule has 7 nitrogen and oxygen atoms in total. The summed E-state index contributed by atoms with van der Waals surface area (Å²) in [6.07, 6.45) is 4.10. The largest absolute Gasteiger partial charge is 0.380 e. The van der Waals surface area contributed by atoms with Crippen LogP contribution in [-0.2, 0) is 20.2 Å². The first-order valence-electron chi connectivity index (χ1n) is 10.7. The normalized spacial score (nSPS) is 19.9. The molecule has 1 amide bonds. The van der Waals surface area contributed by atoms with Crippen molar-refractivity contribution in [2.45, 2.75) is 48.5 Å². The van der Waals surface area contributed by atoms with Gasteiger partial charge in [-0.2, -0.15) is 0 Å². The second kappa shape index (κ2) is 7.70. The molecule has 2 heterocycles. The summed E-state index contributed by atoms with van der Waals surface area (Å²) in [7, 11) is -4.30. The monoisotopic (exact) mass is 462 g/mol. The molecular weight excluding hydrogens is 438 g/mol. The molecule has 0 aromatic heterocycles. The van der Waals surface area contributed by atoms with Gasteiger partial charge in [0.1, 0.15) is 16.5 Å². The number of sulfonamides is 1. The highest BCUT2D eigenvalue weighted by Gasteiger charge is 2.52. The summed E-state index contributed by atoms with van der Waals surface area (Å²) in [4.78, 5) is 12.2. The molecule has 5 rings (SSSR count). The summed E-state index contributed by atoms with van der Waals surface area (Å²) < 4.78 is 55.6. The maximum absolute atomic E-state index is 14.2.